The van der Waals surface area contributed by atoms with Crippen molar-refractivity contribution in [2.75, 3.05) is 6.54 Å². The molecule has 1 aliphatic rings. The van der Waals surface area contributed by atoms with Crippen LogP contribution in [0.25, 0.3) is 0 Å². The van der Waals surface area contributed by atoms with Crippen LogP contribution in [0.4, 0.5) is 0 Å². The van der Waals surface area contributed by atoms with Gasteiger partial charge in [-0.1, -0.05) is 26.2 Å². The highest BCUT2D eigenvalue weighted by atomic mass is 15.3. The van der Waals surface area contributed by atoms with Gasteiger partial charge in [-0.05, 0) is 32.4 Å². The molecule has 1 fully saturated rings. The van der Waals surface area contributed by atoms with Gasteiger partial charge in [-0.3, -0.25) is 4.68 Å². The van der Waals surface area contributed by atoms with Crippen LogP contribution in [0.3, 0.4) is 0 Å². The van der Waals surface area contributed by atoms with Gasteiger partial charge in [-0.15, -0.1) is 0 Å². The van der Waals surface area contributed by atoms with Gasteiger partial charge in [0, 0.05) is 30.4 Å². The molecule has 96 valence electrons. The second-order valence-corrected chi connectivity index (χ2v) is 4.98. The van der Waals surface area contributed by atoms with E-state index in [2.05, 4.69) is 35.0 Å². The first-order valence-electron chi connectivity index (χ1n) is 7.11. The molecule has 0 saturated heterocycles. The highest BCUT2D eigenvalue weighted by Crippen LogP contribution is 2.31. The van der Waals surface area contributed by atoms with Crippen LogP contribution in [-0.4, -0.2) is 22.4 Å². The molecular weight excluding hydrogens is 210 g/mol. The molecule has 1 heterocycles. The number of rotatable bonds is 4. The van der Waals surface area contributed by atoms with Crippen LogP contribution in [-0.2, 0) is 6.54 Å². The molecule has 17 heavy (non-hydrogen) atoms. The van der Waals surface area contributed by atoms with Crippen molar-refractivity contribution in [2.24, 2.45) is 0 Å². The smallest absolute Gasteiger partial charge is 0.0492 e. The Hall–Kier alpha value is -0.830. The van der Waals surface area contributed by atoms with Crippen LogP contribution in [0, 0.1) is 0 Å². The van der Waals surface area contributed by atoms with Gasteiger partial charge >= 0.3 is 0 Å². The minimum absolute atomic E-state index is 0.643. The van der Waals surface area contributed by atoms with Crippen molar-refractivity contribution in [3.8, 4) is 0 Å². The molecule has 1 aliphatic carbocycles. The minimum atomic E-state index is 0.643. The van der Waals surface area contributed by atoms with E-state index in [-0.39, 0.29) is 0 Å². The molecule has 3 heteroatoms. The molecule has 0 radical (unpaired) electrons. The molecule has 3 nitrogen and oxygen atoms in total. The van der Waals surface area contributed by atoms with E-state index in [1.807, 2.05) is 6.20 Å². The van der Waals surface area contributed by atoms with E-state index in [4.69, 9.17) is 0 Å². The van der Waals surface area contributed by atoms with Crippen molar-refractivity contribution in [1.82, 2.24) is 15.1 Å². The second kappa shape index (κ2) is 6.20. The standard InChI is InChI=1S/C14H25N3/c1-3-15-13-9-7-5-6-8-12(13)14-10-11-16-17(14)4-2/h10-13,15H,3-9H2,1-2H3. The maximum Gasteiger partial charge on any atom is 0.0492 e. The zero-order valence-electron chi connectivity index (χ0n) is 11.2. The van der Waals surface area contributed by atoms with Gasteiger partial charge < -0.3 is 5.32 Å². The summed E-state index contributed by atoms with van der Waals surface area (Å²) in [6, 6.07) is 2.86. The highest BCUT2D eigenvalue weighted by Gasteiger charge is 2.26. The summed E-state index contributed by atoms with van der Waals surface area (Å²) >= 11 is 0. The van der Waals surface area contributed by atoms with E-state index < -0.39 is 0 Å². The zero-order chi connectivity index (χ0) is 12.1. The molecule has 0 bridgehead atoms. The first kappa shape index (κ1) is 12.6. The molecule has 2 rings (SSSR count). The van der Waals surface area contributed by atoms with Gasteiger partial charge in [0.05, 0.1) is 0 Å². The first-order chi connectivity index (χ1) is 8.36. The normalized spacial score (nSPS) is 25.8. The van der Waals surface area contributed by atoms with Gasteiger partial charge in [0.15, 0.2) is 0 Å². The van der Waals surface area contributed by atoms with E-state index in [9.17, 15) is 0 Å². The van der Waals surface area contributed by atoms with Crippen molar-refractivity contribution < 1.29 is 0 Å². The Bertz CT molecular complexity index is 332. The van der Waals surface area contributed by atoms with Crippen molar-refractivity contribution in [1.29, 1.82) is 0 Å². The molecule has 2 atom stereocenters. The van der Waals surface area contributed by atoms with Crippen LogP contribution in [0.1, 0.15) is 57.6 Å². The third-order valence-electron chi connectivity index (χ3n) is 3.91. The average molecular weight is 235 g/mol. The van der Waals surface area contributed by atoms with Crippen molar-refractivity contribution in [3.05, 3.63) is 18.0 Å². The number of hydrogen-bond donors (Lipinski definition) is 1. The fourth-order valence-electron chi connectivity index (χ4n) is 3.09. The minimum Gasteiger partial charge on any atom is -0.314 e. The SMILES string of the molecule is CCNC1CCCCCC1c1ccnn1CC. The summed E-state index contributed by atoms with van der Waals surface area (Å²) in [6.07, 6.45) is 8.69. The first-order valence-corrected chi connectivity index (χ1v) is 7.11. The number of nitrogens with one attached hydrogen (secondary N) is 1. The summed E-state index contributed by atoms with van der Waals surface area (Å²) in [5.41, 5.74) is 1.43. The van der Waals surface area contributed by atoms with Gasteiger partial charge in [-0.25, -0.2) is 0 Å². The van der Waals surface area contributed by atoms with Gasteiger partial charge in [-0.2, -0.15) is 5.10 Å². The molecule has 0 aromatic carbocycles. The molecule has 2 unspecified atom stereocenters. The highest BCUT2D eigenvalue weighted by molar-refractivity contribution is 5.12. The fraction of sp³-hybridized carbons (Fsp3) is 0.786. The van der Waals surface area contributed by atoms with Crippen LogP contribution in [0.5, 0.6) is 0 Å². The number of hydrogen-bond acceptors (Lipinski definition) is 2. The summed E-state index contributed by atoms with van der Waals surface area (Å²) < 4.78 is 2.17. The molecule has 1 saturated carbocycles. The topological polar surface area (TPSA) is 29.9 Å². The maximum absolute atomic E-state index is 4.42. The van der Waals surface area contributed by atoms with Crippen molar-refractivity contribution in [3.63, 3.8) is 0 Å². The molecule has 0 spiro atoms. The number of aryl methyl sites for hydroxylation is 1. The van der Waals surface area contributed by atoms with Crippen LogP contribution >= 0.6 is 0 Å². The lowest BCUT2D eigenvalue weighted by Gasteiger charge is -2.26. The van der Waals surface area contributed by atoms with Gasteiger partial charge in [0.25, 0.3) is 0 Å². The third-order valence-corrected chi connectivity index (χ3v) is 3.91. The summed E-state index contributed by atoms with van der Waals surface area (Å²) in [7, 11) is 0. The van der Waals surface area contributed by atoms with Crippen molar-refractivity contribution >= 4 is 0 Å². The summed E-state index contributed by atoms with van der Waals surface area (Å²) in [5.74, 6) is 0.653. The largest absolute Gasteiger partial charge is 0.314 e. The lowest BCUT2D eigenvalue weighted by molar-refractivity contribution is 0.397. The Morgan fingerprint density at radius 2 is 2.12 bits per heavy atom. The Morgan fingerprint density at radius 3 is 2.88 bits per heavy atom. The average Bonchev–Trinajstić information content (AvgIpc) is 2.70. The maximum atomic E-state index is 4.42. The predicted molar refractivity (Wildman–Crippen MR) is 71.2 cm³/mol. The fourth-order valence-corrected chi connectivity index (χ4v) is 3.09. The zero-order valence-corrected chi connectivity index (χ0v) is 11.2. The van der Waals surface area contributed by atoms with E-state index in [0.717, 1.165) is 13.1 Å². The van der Waals surface area contributed by atoms with E-state index >= 15 is 0 Å². The van der Waals surface area contributed by atoms with Gasteiger partial charge in [0.1, 0.15) is 0 Å². The monoisotopic (exact) mass is 235 g/mol. The lowest BCUT2D eigenvalue weighted by Crippen LogP contribution is -2.35. The summed E-state index contributed by atoms with van der Waals surface area (Å²) in [5, 5.41) is 8.10. The third kappa shape index (κ3) is 2.89. The van der Waals surface area contributed by atoms with E-state index in [0.29, 0.717) is 12.0 Å². The Morgan fingerprint density at radius 1 is 1.29 bits per heavy atom. The van der Waals surface area contributed by atoms with Gasteiger partial charge in [0.2, 0.25) is 0 Å². The Kier molecular flexibility index (Phi) is 4.60. The molecular formula is C14H25N3. The molecule has 0 amide bonds. The van der Waals surface area contributed by atoms with Crippen LogP contribution < -0.4 is 5.32 Å². The lowest BCUT2D eigenvalue weighted by atomic mass is 9.91. The summed E-state index contributed by atoms with van der Waals surface area (Å²) in [6.45, 7) is 6.44. The molecule has 1 aromatic heterocycles. The van der Waals surface area contributed by atoms with Crippen LogP contribution in [0.15, 0.2) is 12.3 Å². The molecule has 0 aliphatic heterocycles. The molecule has 1 N–H and O–H groups in total. The second-order valence-electron chi connectivity index (χ2n) is 4.98. The summed E-state index contributed by atoms with van der Waals surface area (Å²) in [4.78, 5) is 0. The number of nitrogens with zero attached hydrogens (tertiary/aromatic N) is 2. The van der Waals surface area contributed by atoms with E-state index in [1.165, 1.54) is 37.8 Å². The molecule has 1 aromatic rings. The predicted octanol–water partition coefficient (Wildman–Crippen LogP) is 2.93. The Labute approximate surface area is 105 Å². The Balaban J connectivity index is 2.19. The van der Waals surface area contributed by atoms with Crippen LogP contribution in [0.2, 0.25) is 0 Å². The van der Waals surface area contributed by atoms with E-state index in [1.54, 1.807) is 0 Å². The quantitative estimate of drug-likeness (QED) is 0.813. The van der Waals surface area contributed by atoms with Crippen molar-refractivity contribution in [2.45, 2.75) is 64.5 Å². The number of aromatic nitrogens is 2. The number of likely N-dealkylation sites (N-methyl/N-ethyl adjacent to an activating group) is 1.